The third kappa shape index (κ3) is 5.05. The van der Waals surface area contributed by atoms with E-state index in [9.17, 15) is 8.78 Å². The lowest BCUT2D eigenvalue weighted by Gasteiger charge is -2.05. The second-order valence-electron chi connectivity index (χ2n) is 6.63. The highest BCUT2D eigenvalue weighted by molar-refractivity contribution is 7.12. The maximum atomic E-state index is 14.4. The topological polar surface area (TPSA) is 0 Å². The van der Waals surface area contributed by atoms with Crippen molar-refractivity contribution in [1.29, 1.82) is 0 Å². The average Bonchev–Trinajstić information content (AvgIpc) is 3.11. The van der Waals surface area contributed by atoms with Crippen LogP contribution in [-0.4, -0.2) is 0 Å². The van der Waals surface area contributed by atoms with Crippen LogP contribution >= 0.6 is 11.3 Å². The van der Waals surface area contributed by atoms with Crippen molar-refractivity contribution in [3.8, 4) is 23.0 Å². The zero-order valence-corrected chi connectivity index (χ0v) is 16.4. The van der Waals surface area contributed by atoms with Gasteiger partial charge in [0.1, 0.15) is 11.6 Å². The first-order valence-corrected chi connectivity index (χ1v) is 10.1. The molecule has 0 N–H and O–H groups in total. The number of hydrogen-bond acceptors (Lipinski definition) is 1. The Labute approximate surface area is 163 Å². The van der Waals surface area contributed by atoms with E-state index in [0.717, 1.165) is 11.3 Å². The Hall–Kier alpha value is -2.44. The molecule has 0 bridgehead atoms. The summed E-state index contributed by atoms with van der Waals surface area (Å²) in [6.45, 7) is 3.90. The quantitative estimate of drug-likeness (QED) is 0.326. The van der Waals surface area contributed by atoms with E-state index in [1.165, 1.54) is 36.3 Å². The van der Waals surface area contributed by atoms with Crippen LogP contribution in [0.1, 0.15) is 47.1 Å². The molecule has 0 saturated heterocycles. The second kappa shape index (κ2) is 8.97. The van der Waals surface area contributed by atoms with Gasteiger partial charge in [0.15, 0.2) is 0 Å². The second-order valence-corrected chi connectivity index (χ2v) is 7.80. The van der Waals surface area contributed by atoms with E-state index >= 15 is 0 Å². The van der Waals surface area contributed by atoms with Crippen molar-refractivity contribution >= 4 is 11.3 Å². The average molecular weight is 381 g/mol. The van der Waals surface area contributed by atoms with Crippen LogP contribution in [0.2, 0.25) is 0 Å². The van der Waals surface area contributed by atoms with Crippen molar-refractivity contribution in [1.82, 2.24) is 0 Å². The normalized spacial score (nSPS) is 10.5. The number of rotatable bonds is 5. The summed E-state index contributed by atoms with van der Waals surface area (Å²) in [6.07, 6.45) is 4.72. The van der Waals surface area contributed by atoms with Crippen LogP contribution in [0, 0.1) is 30.4 Å². The van der Waals surface area contributed by atoms with E-state index < -0.39 is 0 Å². The summed E-state index contributed by atoms with van der Waals surface area (Å²) >= 11 is 1.67. The van der Waals surface area contributed by atoms with Crippen LogP contribution in [0.4, 0.5) is 8.78 Å². The molecule has 3 aromatic rings. The summed E-state index contributed by atoms with van der Waals surface area (Å²) in [5.41, 5.74) is 2.23. The molecule has 0 spiro atoms. The van der Waals surface area contributed by atoms with Gasteiger partial charge in [-0.3, -0.25) is 0 Å². The predicted molar refractivity (Wildman–Crippen MR) is 110 cm³/mol. The summed E-state index contributed by atoms with van der Waals surface area (Å²) in [5, 5.41) is 0. The van der Waals surface area contributed by atoms with Gasteiger partial charge in [-0.25, -0.2) is 8.78 Å². The first-order chi connectivity index (χ1) is 13.1. The number of halogens is 2. The number of unbranched alkanes of at least 4 members (excludes halogenated alkanes) is 2. The fourth-order valence-corrected chi connectivity index (χ4v) is 3.73. The van der Waals surface area contributed by atoms with Crippen molar-refractivity contribution in [2.24, 2.45) is 0 Å². The maximum Gasteiger partial charge on any atom is 0.139 e. The van der Waals surface area contributed by atoms with Crippen molar-refractivity contribution in [2.45, 2.75) is 39.5 Å². The number of hydrogen-bond donors (Lipinski definition) is 0. The zero-order chi connectivity index (χ0) is 19.2. The van der Waals surface area contributed by atoms with Crippen LogP contribution in [0.5, 0.6) is 0 Å². The van der Waals surface area contributed by atoms with Crippen molar-refractivity contribution in [3.63, 3.8) is 0 Å². The van der Waals surface area contributed by atoms with Crippen LogP contribution in [-0.2, 0) is 6.42 Å². The van der Waals surface area contributed by atoms with Gasteiger partial charge >= 0.3 is 0 Å². The van der Waals surface area contributed by atoms with Gasteiger partial charge in [-0.15, -0.1) is 11.3 Å². The highest BCUT2D eigenvalue weighted by Gasteiger charge is 2.06. The lowest BCUT2D eigenvalue weighted by Crippen LogP contribution is -1.88. The molecule has 0 unspecified atom stereocenters. The van der Waals surface area contributed by atoms with Gasteiger partial charge in [0.05, 0.1) is 10.4 Å². The molecule has 138 valence electrons. The summed E-state index contributed by atoms with van der Waals surface area (Å²) < 4.78 is 28.2. The minimum atomic E-state index is -0.388. The van der Waals surface area contributed by atoms with Crippen LogP contribution in [0.15, 0.2) is 48.5 Å². The molecule has 1 aromatic heterocycles. The molecule has 0 aliphatic rings. The lowest BCUT2D eigenvalue weighted by atomic mass is 10.0. The van der Waals surface area contributed by atoms with E-state index in [2.05, 4.69) is 24.8 Å². The molecule has 0 aliphatic carbocycles. The molecule has 0 saturated carbocycles. The van der Waals surface area contributed by atoms with E-state index in [4.69, 9.17) is 0 Å². The monoisotopic (exact) mass is 380 g/mol. The molecular formula is C24H22F2S. The summed E-state index contributed by atoms with van der Waals surface area (Å²) in [7, 11) is 0. The van der Waals surface area contributed by atoms with E-state index in [1.807, 2.05) is 6.07 Å². The minimum absolute atomic E-state index is 0.288. The molecule has 0 nitrogen and oxygen atoms in total. The summed E-state index contributed by atoms with van der Waals surface area (Å²) in [5.74, 6) is 5.30. The fraction of sp³-hybridized carbons (Fsp3) is 0.250. The Bertz CT molecular complexity index is 989. The largest absolute Gasteiger partial charge is 0.207 e. The van der Waals surface area contributed by atoms with Crippen molar-refractivity contribution in [2.75, 3.05) is 0 Å². The Morgan fingerprint density at radius 3 is 2.30 bits per heavy atom. The Kier molecular flexibility index (Phi) is 6.42. The van der Waals surface area contributed by atoms with Crippen LogP contribution in [0.3, 0.4) is 0 Å². The Morgan fingerprint density at radius 1 is 0.852 bits per heavy atom. The Morgan fingerprint density at radius 2 is 1.59 bits per heavy atom. The summed E-state index contributed by atoms with van der Waals surface area (Å²) in [4.78, 5) is 2.27. The Balaban J connectivity index is 1.75. The summed E-state index contributed by atoms with van der Waals surface area (Å²) in [6, 6.07) is 13.9. The molecule has 3 rings (SSSR count). The molecule has 1 heterocycles. The smallest absolute Gasteiger partial charge is 0.139 e. The molecule has 0 radical (unpaired) electrons. The third-order valence-electron chi connectivity index (χ3n) is 4.48. The fourth-order valence-electron chi connectivity index (χ4n) is 2.83. The van der Waals surface area contributed by atoms with Crippen molar-refractivity contribution < 1.29 is 8.78 Å². The SMILES string of the molecule is CCCCCc1ccc(C#Cc2ccc(-c3ccc(C)c(F)c3)cc2F)s1. The van der Waals surface area contributed by atoms with E-state index in [1.54, 1.807) is 42.5 Å². The maximum absolute atomic E-state index is 14.4. The van der Waals surface area contributed by atoms with Gasteiger partial charge in [0, 0.05) is 4.88 Å². The molecule has 0 aliphatic heterocycles. The molecular weight excluding hydrogens is 358 g/mol. The third-order valence-corrected chi connectivity index (χ3v) is 5.54. The van der Waals surface area contributed by atoms with E-state index in [0.29, 0.717) is 22.3 Å². The van der Waals surface area contributed by atoms with Gasteiger partial charge in [-0.05, 0) is 66.8 Å². The highest BCUT2D eigenvalue weighted by atomic mass is 32.1. The van der Waals surface area contributed by atoms with Gasteiger partial charge < -0.3 is 0 Å². The first-order valence-electron chi connectivity index (χ1n) is 9.23. The van der Waals surface area contributed by atoms with E-state index in [-0.39, 0.29) is 11.6 Å². The lowest BCUT2D eigenvalue weighted by molar-refractivity contribution is 0.618. The molecule has 0 fully saturated rings. The van der Waals surface area contributed by atoms with Gasteiger partial charge in [0.25, 0.3) is 0 Å². The molecule has 0 amide bonds. The number of thiophene rings is 1. The highest BCUT2D eigenvalue weighted by Crippen LogP contribution is 2.24. The first kappa shape index (κ1) is 19.3. The standard InChI is InChI=1S/C24H22F2S/c1-3-4-5-6-21-13-14-22(27-21)12-11-18-9-10-20(16-24(18)26)19-8-7-17(2)23(25)15-19/h7-10,13-16H,3-6H2,1-2H3. The van der Waals surface area contributed by atoms with Crippen LogP contribution in [0.25, 0.3) is 11.1 Å². The van der Waals surface area contributed by atoms with Gasteiger partial charge in [0.2, 0.25) is 0 Å². The molecule has 2 aromatic carbocycles. The predicted octanol–water partition coefficient (Wildman–Crippen LogP) is 7.13. The number of aryl methyl sites for hydroxylation is 2. The van der Waals surface area contributed by atoms with Gasteiger partial charge in [-0.1, -0.05) is 49.8 Å². The van der Waals surface area contributed by atoms with Crippen LogP contribution < -0.4 is 0 Å². The molecule has 27 heavy (non-hydrogen) atoms. The molecule has 0 atom stereocenters. The molecule has 3 heteroatoms. The zero-order valence-electron chi connectivity index (χ0n) is 15.6. The van der Waals surface area contributed by atoms with Gasteiger partial charge in [-0.2, -0.15) is 0 Å². The number of benzene rings is 2. The minimum Gasteiger partial charge on any atom is -0.207 e. The van der Waals surface area contributed by atoms with Crippen molar-refractivity contribution in [3.05, 3.63) is 81.0 Å².